The van der Waals surface area contributed by atoms with Crippen LogP contribution in [0.5, 0.6) is 0 Å². The molecule has 0 spiro atoms. The van der Waals surface area contributed by atoms with Gasteiger partial charge in [-0.2, -0.15) is 0 Å². The van der Waals surface area contributed by atoms with E-state index in [9.17, 15) is 9.35 Å². The number of nitrogens with zero attached hydrogens (tertiary/aromatic N) is 2. The molecule has 0 aliphatic heterocycles. The predicted molar refractivity (Wildman–Crippen MR) is 102 cm³/mol. The summed E-state index contributed by atoms with van der Waals surface area (Å²) in [6, 6.07) is 14.6. The van der Waals surface area contributed by atoms with Gasteiger partial charge in [0.1, 0.15) is 17.5 Å². The number of pyridine rings is 2. The molecule has 3 heterocycles. The molecular formula is C20H16N2O3S. The van der Waals surface area contributed by atoms with Gasteiger partial charge >= 0.3 is 0 Å². The van der Waals surface area contributed by atoms with Crippen LogP contribution in [0.3, 0.4) is 0 Å². The predicted octanol–water partition coefficient (Wildman–Crippen LogP) is 3.60. The molecule has 5 nitrogen and oxygen atoms in total. The molecular weight excluding hydrogens is 348 g/mol. The third kappa shape index (κ3) is 2.94. The summed E-state index contributed by atoms with van der Waals surface area (Å²) in [6.07, 6.45) is 5.12. The Kier molecular flexibility index (Phi) is 4.14. The standard InChI is InChI=1S/C20H16N2O3S/c1-22-12-14(6-7-19(22)23)18-11-17-20(25-18)16(8-9-21-17)13-4-3-5-15(10-13)26(2)24/h3-12H,1-2H3. The lowest BCUT2D eigenvalue weighted by Crippen LogP contribution is -2.13. The first-order chi connectivity index (χ1) is 12.5. The minimum absolute atomic E-state index is 0.0759. The Labute approximate surface area is 153 Å². The highest BCUT2D eigenvalue weighted by Gasteiger charge is 2.14. The van der Waals surface area contributed by atoms with Crippen LogP contribution < -0.4 is 5.56 Å². The summed E-state index contributed by atoms with van der Waals surface area (Å²) >= 11 is -1.05. The zero-order valence-electron chi connectivity index (χ0n) is 14.3. The van der Waals surface area contributed by atoms with Gasteiger partial charge in [-0.05, 0) is 34.9 Å². The van der Waals surface area contributed by atoms with Crippen molar-refractivity contribution in [2.24, 2.45) is 7.05 Å². The molecule has 0 aliphatic carbocycles. The van der Waals surface area contributed by atoms with Gasteiger partial charge < -0.3 is 13.5 Å². The van der Waals surface area contributed by atoms with Gasteiger partial charge in [0, 0.05) is 48.8 Å². The van der Waals surface area contributed by atoms with Crippen LogP contribution in [0.15, 0.2) is 75.0 Å². The zero-order valence-corrected chi connectivity index (χ0v) is 15.1. The second kappa shape index (κ2) is 6.48. The van der Waals surface area contributed by atoms with Crippen molar-refractivity contribution in [3.8, 4) is 22.5 Å². The largest absolute Gasteiger partial charge is 0.612 e. The number of hydrogen-bond acceptors (Lipinski definition) is 4. The molecule has 4 rings (SSSR count). The van der Waals surface area contributed by atoms with Crippen LogP contribution in [-0.2, 0) is 18.2 Å². The highest BCUT2D eigenvalue weighted by atomic mass is 32.2. The van der Waals surface area contributed by atoms with Crippen molar-refractivity contribution in [3.63, 3.8) is 0 Å². The summed E-state index contributed by atoms with van der Waals surface area (Å²) < 4.78 is 19.4. The maximum Gasteiger partial charge on any atom is 0.250 e. The molecule has 1 aromatic carbocycles. The van der Waals surface area contributed by atoms with E-state index >= 15 is 0 Å². The molecule has 0 saturated heterocycles. The molecule has 6 heteroatoms. The van der Waals surface area contributed by atoms with Crippen LogP contribution in [0.25, 0.3) is 33.6 Å². The van der Waals surface area contributed by atoms with Crippen molar-refractivity contribution in [1.82, 2.24) is 9.55 Å². The number of benzene rings is 1. The molecule has 0 amide bonds. The summed E-state index contributed by atoms with van der Waals surface area (Å²) in [5, 5.41) is 0. The fourth-order valence-corrected chi connectivity index (χ4v) is 3.45. The molecule has 1 unspecified atom stereocenters. The second-order valence-electron chi connectivity index (χ2n) is 6.03. The van der Waals surface area contributed by atoms with E-state index in [0.29, 0.717) is 11.3 Å². The number of rotatable bonds is 3. The molecule has 0 aliphatic rings. The molecule has 4 aromatic rings. The van der Waals surface area contributed by atoms with Crippen LogP contribution in [-0.4, -0.2) is 20.4 Å². The van der Waals surface area contributed by atoms with E-state index in [0.717, 1.165) is 27.1 Å². The van der Waals surface area contributed by atoms with Crippen molar-refractivity contribution in [3.05, 3.63) is 71.3 Å². The normalized spacial score (nSPS) is 12.4. The fourth-order valence-electron chi connectivity index (χ4n) is 2.89. The average molecular weight is 364 g/mol. The molecule has 3 aromatic heterocycles. The number of furan rings is 1. The summed E-state index contributed by atoms with van der Waals surface area (Å²) in [4.78, 5) is 16.7. The van der Waals surface area contributed by atoms with Crippen LogP contribution in [0.4, 0.5) is 0 Å². The van der Waals surface area contributed by atoms with Gasteiger partial charge in [-0.25, -0.2) is 0 Å². The Balaban J connectivity index is 1.87. The first kappa shape index (κ1) is 16.6. The number of hydrogen-bond donors (Lipinski definition) is 0. The Morgan fingerprint density at radius 1 is 1.12 bits per heavy atom. The smallest absolute Gasteiger partial charge is 0.250 e. The molecule has 130 valence electrons. The van der Waals surface area contributed by atoms with Crippen molar-refractivity contribution < 1.29 is 8.97 Å². The maximum atomic E-state index is 11.8. The Hall–Kier alpha value is -2.83. The van der Waals surface area contributed by atoms with E-state index < -0.39 is 11.2 Å². The van der Waals surface area contributed by atoms with Crippen LogP contribution >= 0.6 is 0 Å². The summed E-state index contributed by atoms with van der Waals surface area (Å²) in [5.74, 6) is 0.644. The number of fused-ring (bicyclic) bond motifs is 1. The van der Waals surface area contributed by atoms with Gasteiger partial charge in [0.05, 0.1) is 0 Å². The van der Waals surface area contributed by atoms with Gasteiger partial charge in [-0.3, -0.25) is 9.78 Å². The lowest BCUT2D eigenvalue weighted by atomic mass is 10.1. The highest BCUT2D eigenvalue weighted by Crippen LogP contribution is 2.33. The first-order valence-electron chi connectivity index (χ1n) is 8.02. The quantitative estimate of drug-likeness (QED) is 0.521. The summed E-state index contributed by atoms with van der Waals surface area (Å²) in [5.41, 5.74) is 3.93. The van der Waals surface area contributed by atoms with Crippen molar-refractivity contribution in [2.45, 2.75) is 4.90 Å². The highest BCUT2D eigenvalue weighted by molar-refractivity contribution is 7.90. The SMILES string of the molecule is Cn1cc(-c2cc3nccc(-c4cccc([S+](C)[O-])c4)c3o2)ccc1=O. The van der Waals surface area contributed by atoms with Crippen LogP contribution in [0, 0.1) is 0 Å². The molecule has 0 radical (unpaired) electrons. The Morgan fingerprint density at radius 2 is 1.96 bits per heavy atom. The average Bonchev–Trinajstić information content (AvgIpc) is 3.08. The number of aryl methyl sites for hydroxylation is 1. The van der Waals surface area contributed by atoms with Gasteiger partial charge in [0.25, 0.3) is 0 Å². The van der Waals surface area contributed by atoms with E-state index in [1.54, 1.807) is 31.8 Å². The molecule has 26 heavy (non-hydrogen) atoms. The Bertz CT molecular complexity index is 1160. The third-order valence-electron chi connectivity index (χ3n) is 4.26. The van der Waals surface area contributed by atoms with Crippen molar-refractivity contribution in [1.29, 1.82) is 0 Å². The third-order valence-corrected chi connectivity index (χ3v) is 5.18. The minimum Gasteiger partial charge on any atom is -0.612 e. The lowest BCUT2D eigenvalue weighted by Gasteiger charge is -2.07. The van der Waals surface area contributed by atoms with Gasteiger partial charge in [0.2, 0.25) is 5.56 Å². The van der Waals surface area contributed by atoms with E-state index in [1.165, 1.54) is 10.6 Å². The van der Waals surface area contributed by atoms with Gasteiger partial charge in [-0.15, -0.1) is 0 Å². The van der Waals surface area contributed by atoms with E-state index in [1.807, 2.05) is 36.4 Å². The monoisotopic (exact) mass is 364 g/mol. The minimum atomic E-state index is -1.05. The lowest BCUT2D eigenvalue weighted by molar-refractivity contribution is 0.601. The van der Waals surface area contributed by atoms with Gasteiger partial charge in [0.15, 0.2) is 10.5 Å². The fraction of sp³-hybridized carbons (Fsp3) is 0.100. The van der Waals surface area contributed by atoms with Crippen molar-refractivity contribution in [2.75, 3.05) is 6.26 Å². The first-order valence-corrected chi connectivity index (χ1v) is 9.58. The number of aromatic nitrogens is 2. The van der Waals surface area contributed by atoms with E-state index in [4.69, 9.17) is 4.42 Å². The summed E-state index contributed by atoms with van der Waals surface area (Å²) in [6.45, 7) is 0. The van der Waals surface area contributed by atoms with E-state index in [-0.39, 0.29) is 5.56 Å². The molecule has 0 fully saturated rings. The van der Waals surface area contributed by atoms with Crippen LogP contribution in [0.2, 0.25) is 0 Å². The zero-order chi connectivity index (χ0) is 18.3. The molecule has 0 bridgehead atoms. The van der Waals surface area contributed by atoms with Gasteiger partial charge in [-0.1, -0.05) is 12.1 Å². The van der Waals surface area contributed by atoms with Crippen LogP contribution in [0.1, 0.15) is 0 Å². The molecule has 0 saturated carbocycles. The second-order valence-corrected chi connectivity index (χ2v) is 7.41. The molecule has 0 N–H and O–H groups in total. The Morgan fingerprint density at radius 3 is 2.73 bits per heavy atom. The molecule has 1 atom stereocenters. The summed E-state index contributed by atoms with van der Waals surface area (Å²) in [7, 11) is 1.70. The topological polar surface area (TPSA) is 71.1 Å². The maximum absolute atomic E-state index is 11.8. The van der Waals surface area contributed by atoms with E-state index in [2.05, 4.69) is 4.98 Å². The van der Waals surface area contributed by atoms with Crippen molar-refractivity contribution >= 4 is 22.3 Å².